The average Bonchev–Trinajstić information content (AvgIpc) is 2.18. The van der Waals surface area contributed by atoms with Gasteiger partial charge in [0.05, 0.1) is 0 Å². The van der Waals surface area contributed by atoms with Gasteiger partial charge in [0, 0.05) is 10.9 Å². The third-order valence-electron chi connectivity index (χ3n) is 2.15. The largest absolute Gasteiger partial charge is 0.486 e. The number of rotatable bonds is 2. The molecule has 15 heavy (non-hydrogen) atoms. The highest BCUT2D eigenvalue weighted by Crippen LogP contribution is 2.35. The molecule has 1 aliphatic heterocycles. The standard InChI is InChI=1S/C11H11BrO3/c1-7(13)4-8-5-10-11(6-9(8)12)15-3-2-14-10/h5-6H,2-4H2,1H3. The Kier molecular flexibility index (Phi) is 2.95. The number of ketones is 1. The van der Waals surface area contributed by atoms with E-state index in [0.717, 1.165) is 21.5 Å². The predicted octanol–water partition coefficient (Wildman–Crippen LogP) is 2.35. The number of carbonyl (C=O) groups excluding carboxylic acids is 1. The van der Waals surface area contributed by atoms with E-state index in [2.05, 4.69) is 15.9 Å². The summed E-state index contributed by atoms with van der Waals surface area (Å²) in [6.07, 6.45) is 0.414. The highest BCUT2D eigenvalue weighted by molar-refractivity contribution is 9.10. The Morgan fingerprint density at radius 3 is 2.53 bits per heavy atom. The lowest BCUT2D eigenvalue weighted by molar-refractivity contribution is -0.116. The van der Waals surface area contributed by atoms with Crippen LogP contribution in [0.25, 0.3) is 0 Å². The van der Waals surface area contributed by atoms with Crippen LogP contribution in [0.2, 0.25) is 0 Å². The maximum Gasteiger partial charge on any atom is 0.162 e. The van der Waals surface area contributed by atoms with E-state index in [4.69, 9.17) is 9.47 Å². The highest BCUT2D eigenvalue weighted by Gasteiger charge is 2.15. The first-order chi connectivity index (χ1) is 7.16. The first-order valence-corrected chi connectivity index (χ1v) is 5.53. The molecular formula is C11H11BrO3. The van der Waals surface area contributed by atoms with Crippen molar-refractivity contribution < 1.29 is 14.3 Å². The van der Waals surface area contributed by atoms with Gasteiger partial charge in [0.2, 0.25) is 0 Å². The number of hydrogen-bond acceptors (Lipinski definition) is 3. The second-order valence-corrected chi connectivity index (χ2v) is 4.32. The second-order valence-electron chi connectivity index (χ2n) is 3.47. The molecule has 4 heteroatoms. The molecule has 1 aromatic carbocycles. The van der Waals surface area contributed by atoms with E-state index in [1.54, 1.807) is 6.92 Å². The number of halogens is 1. The van der Waals surface area contributed by atoms with Crippen LogP contribution < -0.4 is 9.47 Å². The Morgan fingerprint density at radius 2 is 1.93 bits per heavy atom. The smallest absolute Gasteiger partial charge is 0.162 e. The topological polar surface area (TPSA) is 35.5 Å². The Morgan fingerprint density at radius 1 is 1.33 bits per heavy atom. The molecule has 0 aliphatic carbocycles. The Labute approximate surface area is 96.5 Å². The fraction of sp³-hybridized carbons (Fsp3) is 0.364. The molecule has 2 rings (SSSR count). The van der Waals surface area contributed by atoms with Crippen molar-refractivity contribution >= 4 is 21.7 Å². The molecule has 1 aliphatic rings. The SMILES string of the molecule is CC(=O)Cc1cc2c(cc1Br)OCCO2. The van der Waals surface area contributed by atoms with E-state index < -0.39 is 0 Å². The summed E-state index contributed by atoms with van der Waals surface area (Å²) in [7, 11) is 0. The minimum atomic E-state index is 0.132. The second kappa shape index (κ2) is 4.23. The lowest BCUT2D eigenvalue weighted by atomic mass is 10.1. The zero-order valence-corrected chi connectivity index (χ0v) is 9.96. The van der Waals surface area contributed by atoms with Crippen LogP contribution in [-0.4, -0.2) is 19.0 Å². The number of benzene rings is 1. The Bertz CT molecular complexity index is 401. The molecule has 0 amide bonds. The zero-order valence-electron chi connectivity index (χ0n) is 8.38. The summed E-state index contributed by atoms with van der Waals surface area (Å²) in [6.45, 7) is 2.71. The molecule has 1 aromatic rings. The summed E-state index contributed by atoms with van der Waals surface area (Å²) in [5, 5.41) is 0. The zero-order chi connectivity index (χ0) is 10.8. The molecule has 0 aromatic heterocycles. The first-order valence-electron chi connectivity index (χ1n) is 4.74. The molecule has 0 bridgehead atoms. The predicted molar refractivity (Wildman–Crippen MR) is 59.5 cm³/mol. The van der Waals surface area contributed by atoms with E-state index in [0.29, 0.717) is 19.6 Å². The van der Waals surface area contributed by atoms with Crippen molar-refractivity contribution in [1.82, 2.24) is 0 Å². The lowest BCUT2D eigenvalue weighted by Crippen LogP contribution is -2.15. The third kappa shape index (κ3) is 2.31. The van der Waals surface area contributed by atoms with Crippen LogP contribution in [0, 0.1) is 0 Å². The summed E-state index contributed by atoms with van der Waals surface area (Å²) >= 11 is 3.42. The van der Waals surface area contributed by atoms with E-state index in [1.165, 1.54) is 0 Å². The monoisotopic (exact) mass is 270 g/mol. The number of carbonyl (C=O) groups is 1. The van der Waals surface area contributed by atoms with Crippen LogP contribution in [0.15, 0.2) is 16.6 Å². The van der Waals surface area contributed by atoms with Crippen molar-refractivity contribution in [2.45, 2.75) is 13.3 Å². The van der Waals surface area contributed by atoms with Crippen molar-refractivity contribution in [3.05, 3.63) is 22.2 Å². The number of Topliss-reactive ketones (excluding diaryl/α,β-unsaturated/α-hetero) is 1. The van der Waals surface area contributed by atoms with E-state index in [-0.39, 0.29) is 5.78 Å². The summed E-state index contributed by atoms with van der Waals surface area (Å²) in [4.78, 5) is 11.0. The minimum absolute atomic E-state index is 0.132. The van der Waals surface area contributed by atoms with Crippen LogP contribution in [0.4, 0.5) is 0 Å². The molecule has 0 saturated heterocycles. The van der Waals surface area contributed by atoms with Gasteiger partial charge >= 0.3 is 0 Å². The maximum absolute atomic E-state index is 11.0. The molecule has 0 fully saturated rings. The van der Waals surface area contributed by atoms with Crippen LogP contribution in [0.5, 0.6) is 11.5 Å². The van der Waals surface area contributed by atoms with Crippen molar-refractivity contribution in [3.63, 3.8) is 0 Å². The fourth-order valence-corrected chi connectivity index (χ4v) is 1.97. The summed E-state index contributed by atoms with van der Waals surface area (Å²) in [6, 6.07) is 3.72. The van der Waals surface area contributed by atoms with Gasteiger partial charge in [-0.3, -0.25) is 4.79 Å². The maximum atomic E-state index is 11.0. The molecule has 0 radical (unpaired) electrons. The molecular weight excluding hydrogens is 260 g/mol. The summed E-state index contributed by atoms with van der Waals surface area (Å²) in [5.41, 5.74) is 0.937. The molecule has 80 valence electrons. The third-order valence-corrected chi connectivity index (χ3v) is 2.89. The van der Waals surface area contributed by atoms with Gasteiger partial charge in [-0.15, -0.1) is 0 Å². The van der Waals surface area contributed by atoms with Gasteiger partial charge in [-0.05, 0) is 24.6 Å². The first kappa shape index (κ1) is 10.5. The quantitative estimate of drug-likeness (QED) is 0.828. The van der Waals surface area contributed by atoms with Crippen molar-refractivity contribution in [3.8, 4) is 11.5 Å². The Hall–Kier alpha value is -1.03. The van der Waals surface area contributed by atoms with Crippen LogP contribution in [0.3, 0.4) is 0 Å². The minimum Gasteiger partial charge on any atom is -0.486 e. The van der Waals surface area contributed by atoms with Gasteiger partial charge < -0.3 is 9.47 Å². The van der Waals surface area contributed by atoms with Crippen molar-refractivity contribution in [2.24, 2.45) is 0 Å². The molecule has 3 nitrogen and oxygen atoms in total. The lowest BCUT2D eigenvalue weighted by Gasteiger charge is -2.19. The van der Waals surface area contributed by atoms with E-state index in [9.17, 15) is 4.79 Å². The molecule has 0 saturated carbocycles. The molecule has 1 heterocycles. The average molecular weight is 271 g/mol. The summed E-state index contributed by atoms with van der Waals surface area (Å²) < 4.78 is 11.8. The van der Waals surface area contributed by atoms with Crippen LogP contribution >= 0.6 is 15.9 Å². The normalized spacial score (nSPS) is 13.7. The van der Waals surface area contributed by atoms with Gasteiger partial charge in [0.15, 0.2) is 11.5 Å². The van der Waals surface area contributed by atoms with Crippen LogP contribution in [0.1, 0.15) is 12.5 Å². The number of fused-ring (bicyclic) bond motifs is 1. The number of hydrogen-bond donors (Lipinski definition) is 0. The number of ether oxygens (including phenoxy) is 2. The molecule has 0 atom stereocenters. The van der Waals surface area contributed by atoms with Gasteiger partial charge in [-0.2, -0.15) is 0 Å². The van der Waals surface area contributed by atoms with Gasteiger partial charge in [0.1, 0.15) is 19.0 Å². The fourth-order valence-electron chi connectivity index (χ4n) is 1.51. The van der Waals surface area contributed by atoms with Crippen LogP contribution in [-0.2, 0) is 11.2 Å². The summed E-state index contributed by atoms with van der Waals surface area (Å²) in [5.74, 6) is 1.59. The highest BCUT2D eigenvalue weighted by atomic mass is 79.9. The molecule has 0 unspecified atom stereocenters. The molecule has 0 N–H and O–H groups in total. The van der Waals surface area contributed by atoms with E-state index >= 15 is 0 Å². The van der Waals surface area contributed by atoms with Crippen molar-refractivity contribution in [2.75, 3.05) is 13.2 Å². The molecule has 0 spiro atoms. The van der Waals surface area contributed by atoms with E-state index in [1.807, 2.05) is 12.1 Å². The Balaban J connectivity index is 2.36. The van der Waals surface area contributed by atoms with Crippen molar-refractivity contribution in [1.29, 1.82) is 0 Å². The van der Waals surface area contributed by atoms with Gasteiger partial charge in [0.25, 0.3) is 0 Å². The van der Waals surface area contributed by atoms with Gasteiger partial charge in [-0.25, -0.2) is 0 Å². The van der Waals surface area contributed by atoms with Gasteiger partial charge in [-0.1, -0.05) is 15.9 Å².